The van der Waals surface area contributed by atoms with Crippen molar-refractivity contribution in [3.05, 3.63) is 29.3 Å². The van der Waals surface area contributed by atoms with Gasteiger partial charge in [-0.3, -0.25) is 14.4 Å². The monoisotopic (exact) mass is 557 g/mol. The highest BCUT2D eigenvalue weighted by atomic mass is 79.9. The van der Waals surface area contributed by atoms with Gasteiger partial charge in [0.15, 0.2) is 0 Å². The van der Waals surface area contributed by atoms with Crippen LogP contribution in [0.5, 0.6) is 0 Å². The van der Waals surface area contributed by atoms with Crippen LogP contribution in [0.25, 0.3) is 0 Å². The summed E-state index contributed by atoms with van der Waals surface area (Å²) in [5, 5.41) is 16.4. The maximum Gasteiger partial charge on any atom is 0.248 e. The molecule has 0 aliphatic carbocycles. The summed E-state index contributed by atoms with van der Waals surface area (Å²) in [4.78, 5) is 42.2. The van der Waals surface area contributed by atoms with Gasteiger partial charge in [-0.05, 0) is 43.0 Å². The zero-order valence-electron chi connectivity index (χ0n) is 18.8. The van der Waals surface area contributed by atoms with Gasteiger partial charge in [0.2, 0.25) is 17.7 Å². The maximum absolute atomic E-state index is 13.9. The minimum atomic E-state index is -0.800. The van der Waals surface area contributed by atoms with Crippen molar-refractivity contribution in [1.82, 2.24) is 10.2 Å². The fraction of sp³-hybridized carbons (Fsp3) is 0.609. The number of amides is 3. The van der Waals surface area contributed by atoms with E-state index in [1.807, 2.05) is 13.8 Å². The van der Waals surface area contributed by atoms with Crippen LogP contribution in [0.15, 0.2) is 24.3 Å². The lowest BCUT2D eigenvalue weighted by Gasteiger charge is -2.37. The van der Waals surface area contributed by atoms with Crippen LogP contribution in [0, 0.1) is 17.8 Å². The minimum Gasteiger partial charge on any atom is -0.394 e. The second-order valence-corrected chi connectivity index (χ2v) is 12.6. The lowest BCUT2D eigenvalue weighted by molar-refractivity contribution is -0.142. The SMILES string of the molecule is CNC(=O)[C@H]1[C@H]2C(=O)N([C@@H](CO)CC(C)C)C(C(=O)Nc3ccc(Cl)cc3)C23CC(Br)[C@@H]1S3. The van der Waals surface area contributed by atoms with E-state index in [1.54, 1.807) is 48.0 Å². The van der Waals surface area contributed by atoms with E-state index in [0.29, 0.717) is 23.6 Å². The number of nitrogens with one attached hydrogen (secondary N) is 2. The Morgan fingerprint density at radius 1 is 1.30 bits per heavy atom. The number of alkyl halides is 1. The summed E-state index contributed by atoms with van der Waals surface area (Å²) < 4.78 is -0.742. The van der Waals surface area contributed by atoms with Gasteiger partial charge in [-0.15, -0.1) is 11.8 Å². The molecule has 7 atom stereocenters. The Hall–Kier alpha value is -1.29. The van der Waals surface area contributed by atoms with Gasteiger partial charge in [0.05, 0.1) is 29.2 Å². The van der Waals surface area contributed by atoms with Crippen LogP contribution in [-0.4, -0.2) is 68.3 Å². The first-order valence-electron chi connectivity index (χ1n) is 11.2. The van der Waals surface area contributed by atoms with Crippen molar-refractivity contribution in [2.24, 2.45) is 17.8 Å². The standard InChI is InChI=1S/C23H29BrClN3O4S/c1-11(2)8-14(10-29)28-19(21(31)27-13-6-4-12(25)5-7-13)23-9-15(24)18(33-23)16(20(30)26-3)17(23)22(28)32/h4-7,11,14-19,29H,8-10H2,1-3H3,(H,26,30)(H,27,31)/t14-,15?,16+,17+,18+,19?,23?/m1/s1. The number of rotatable bonds is 7. The average molecular weight is 559 g/mol. The number of aliphatic hydroxyl groups is 1. The van der Waals surface area contributed by atoms with Crippen LogP contribution in [0.1, 0.15) is 26.7 Å². The normalized spacial score (nSPS) is 33.4. The molecular formula is C23H29BrClN3O4S. The van der Waals surface area contributed by atoms with Crippen LogP contribution < -0.4 is 10.6 Å². The van der Waals surface area contributed by atoms with Crippen molar-refractivity contribution < 1.29 is 19.5 Å². The molecular weight excluding hydrogens is 530 g/mol. The van der Waals surface area contributed by atoms with Gasteiger partial charge in [-0.2, -0.15) is 0 Å². The molecule has 3 amide bonds. The van der Waals surface area contributed by atoms with E-state index < -0.39 is 28.7 Å². The second-order valence-electron chi connectivity index (χ2n) is 9.49. The molecule has 1 aromatic rings. The highest BCUT2D eigenvalue weighted by molar-refractivity contribution is 9.09. The van der Waals surface area contributed by atoms with Gasteiger partial charge in [0.1, 0.15) is 6.04 Å². The molecule has 3 unspecified atom stereocenters. The molecule has 33 heavy (non-hydrogen) atoms. The fourth-order valence-electron chi connectivity index (χ4n) is 5.79. The molecule has 3 heterocycles. The quantitative estimate of drug-likeness (QED) is 0.447. The van der Waals surface area contributed by atoms with Crippen molar-refractivity contribution >= 4 is 62.7 Å². The third-order valence-electron chi connectivity index (χ3n) is 6.98. The number of likely N-dealkylation sites (tertiary alicyclic amines) is 1. The Morgan fingerprint density at radius 2 is 1.97 bits per heavy atom. The summed E-state index contributed by atoms with van der Waals surface area (Å²) >= 11 is 11.3. The highest BCUT2D eigenvalue weighted by Crippen LogP contribution is 2.68. The van der Waals surface area contributed by atoms with Gasteiger partial charge in [0.25, 0.3) is 0 Å². The third kappa shape index (κ3) is 4.09. The molecule has 0 saturated carbocycles. The zero-order chi connectivity index (χ0) is 24.1. The average Bonchev–Trinajstić information content (AvgIpc) is 3.36. The van der Waals surface area contributed by atoms with Crippen molar-refractivity contribution in [2.75, 3.05) is 19.0 Å². The van der Waals surface area contributed by atoms with Crippen molar-refractivity contribution in [1.29, 1.82) is 0 Å². The van der Waals surface area contributed by atoms with Gasteiger partial charge >= 0.3 is 0 Å². The first-order chi connectivity index (χ1) is 15.6. The Kier molecular flexibility index (Phi) is 7.07. The number of carbonyl (C=O) groups excluding carboxylic acids is 3. The molecule has 0 radical (unpaired) electrons. The van der Waals surface area contributed by atoms with Crippen LogP contribution in [0.4, 0.5) is 5.69 Å². The smallest absolute Gasteiger partial charge is 0.248 e. The number of hydrogen-bond acceptors (Lipinski definition) is 5. The molecule has 1 aromatic carbocycles. The molecule has 180 valence electrons. The van der Waals surface area contributed by atoms with E-state index in [4.69, 9.17) is 11.6 Å². The van der Waals surface area contributed by atoms with Gasteiger partial charge in [-0.1, -0.05) is 41.4 Å². The largest absolute Gasteiger partial charge is 0.394 e. The number of nitrogens with zero attached hydrogens (tertiary/aromatic N) is 1. The van der Waals surface area contributed by atoms with Crippen molar-refractivity contribution in [2.45, 2.75) is 53.6 Å². The molecule has 3 aliphatic rings. The Bertz CT molecular complexity index is 948. The molecule has 3 saturated heterocycles. The number of carbonyl (C=O) groups is 3. The predicted molar refractivity (Wildman–Crippen MR) is 134 cm³/mol. The molecule has 3 fully saturated rings. The van der Waals surface area contributed by atoms with E-state index >= 15 is 0 Å². The molecule has 4 rings (SSSR count). The molecule has 3 aliphatic heterocycles. The summed E-state index contributed by atoms with van der Waals surface area (Å²) in [6, 6.07) is 5.51. The molecule has 0 aromatic heterocycles. The summed E-state index contributed by atoms with van der Waals surface area (Å²) in [6.45, 7) is 3.80. The Balaban J connectivity index is 1.77. The van der Waals surface area contributed by atoms with Crippen LogP contribution in [-0.2, 0) is 14.4 Å². The summed E-state index contributed by atoms with van der Waals surface area (Å²) in [6.07, 6.45) is 1.16. The third-order valence-corrected chi connectivity index (χ3v) is 10.5. The van der Waals surface area contributed by atoms with Crippen molar-refractivity contribution in [3.63, 3.8) is 0 Å². The second kappa shape index (κ2) is 9.40. The minimum absolute atomic E-state index is 0.0114. The van der Waals surface area contributed by atoms with Crippen LogP contribution in [0.2, 0.25) is 5.02 Å². The molecule has 2 bridgehead atoms. The van der Waals surface area contributed by atoms with Crippen molar-refractivity contribution in [3.8, 4) is 0 Å². The van der Waals surface area contributed by atoms with E-state index in [1.165, 1.54) is 0 Å². The number of benzene rings is 1. The summed E-state index contributed by atoms with van der Waals surface area (Å²) in [7, 11) is 1.58. The number of anilines is 1. The van der Waals surface area contributed by atoms with Crippen LogP contribution in [0.3, 0.4) is 0 Å². The van der Waals surface area contributed by atoms with E-state index in [-0.39, 0.29) is 40.3 Å². The molecule has 7 nitrogen and oxygen atoms in total. The van der Waals surface area contributed by atoms with Gasteiger partial charge < -0.3 is 20.6 Å². The molecule has 3 N–H and O–H groups in total. The number of aliphatic hydroxyl groups excluding tert-OH is 1. The molecule has 1 spiro atoms. The van der Waals surface area contributed by atoms with Crippen LogP contribution >= 0.6 is 39.3 Å². The highest BCUT2D eigenvalue weighted by Gasteiger charge is 2.76. The number of halogens is 2. The zero-order valence-corrected chi connectivity index (χ0v) is 21.9. The van der Waals surface area contributed by atoms with Gasteiger partial charge in [-0.25, -0.2) is 0 Å². The first-order valence-corrected chi connectivity index (χ1v) is 13.3. The van der Waals surface area contributed by atoms with Gasteiger partial charge in [0, 0.05) is 27.8 Å². The number of hydrogen-bond donors (Lipinski definition) is 3. The first kappa shape index (κ1) is 24.8. The summed E-state index contributed by atoms with van der Waals surface area (Å²) in [5.74, 6) is -1.62. The van der Waals surface area contributed by atoms with E-state index in [9.17, 15) is 19.5 Å². The number of fused-ring (bicyclic) bond motifs is 1. The van der Waals surface area contributed by atoms with E-state index in [0.717, 1.165) is 0 Å². The topological polar surface area (TPSA) is 98.7 Å². The lowest BCUT2D eigenvalue weighted by atomic mass is 9.70. The fourth-order valence-corrected chi connectivity index (χ4v) is 9.52. The molecule has 10 heteroatoms. The maximum atomic E-state index is 13.9. The summed E-state index contributed by atoms with van der Waals surface area (Å²) in [5.41, 5.74) is 0.580. The van der Waals surface area contributed by atoms with E-state index in [2.05, 4.69) is 26.6 Å². The number of thioether (sulfide) groups is 1. The Labute approximate surface area is 211 Å². The Morgan fingerprint density at radius 3 is 2.55 bits per heavy atom. The predicted octanol–water partition coefficient (Wildman–Crippen LogP) is 2.90. The lowest BCUT2D eigenvalue weighted by Crippen LogP contribution is -2.55.